The molecule has 24 heavy (non-hydrogen) atoms. The number of piperidine rings is 1. The van der Waals surface area contributed by atoms with Crippen molar-refractivity contribution in [3.63, 3.8) is 0 Å². The van der Waals surface area contributed by atoms with Crippen LogP contribution in [-0.2, 0) is 11.2 Å². The van der Waals surface area contributed by atoms with Gasteiger partial charge in [0.15, 0.2) is 0 Å². The highest BCUT2D eigenvalue weighted by Gasteiger charge is 2.25. The predicted molar refractivity (Wildman–Crippen MR) is 91.5 cm³/mol. The molecule has 128 valence electrons. The summed E-state index contributed by atoms with van der Waals surface area (Å²) in [5.74, 6) is 1.52. The molecule has 1 atom stereocenters. The summed E-state index contributed by atoms with van der Waals surface area (Å²) < 4.78 is 5.79. The van der Waals surface area contributed by atoms with Crippen molar-refractivity contribution >= 4 is 5.91 Å². The van der Waals surface area contributed by atoms with Crippen molar-refractivity contribution in [2.45, 2.75) is 33.1 Å². The second-order valence-corrected chi connectivity index (χ2v) is 6.54. The first kappa shape index (κ1) is 16.7. The van der Waals surface area contributed by atoms with Gasteiger partial charge in [0.05, 0.1) is 12.1 Å². The van der Waals surface area contributed by atoms with E-state index >= 15 is 0 Å². The minimum atomic E-state index is 0.0564. The van der Waals surface area contributed by atoms with Crippen LogP contribution in [0.1, 0.15) is 29.9 Å². The fourth-order valence-electron chi connectivity index (χ4n) is 3.22. The molecule has 2 heterocycles. The van der Waals surface area contributed by atoms with E-state index in [2.05, 4.69) is 4.98 Å². The van der Waals surface area contributed by atoms with Crippen molar-refractivity contribution in [3.8, 4) is 11.5 Å². The van der Waals surface area contributed by atoms with Gasteiger partial charge in [-0.25, -0.2) is 4.98 Å². The molecule has 0 spiro atoms. The minimum absolute atomic E-state index is 0.0564. The molecule has 0 saturated carbocycles. The van der Waals surface area contributed by atoms with Crippen molar-refractivity contribution in [2.75, 3.05) is 19.7 Å². The Morgan fingerprint density at radius 2 is 2.17 bits per heavy atom. The summed E-state index contributed by atoms with van der Waals surface area (Å²) in [6, 6.07) is 7.92. The van der Waals surface area contributed by atoms with Gasteiger partial charge in [-0.2, -0.15) is 0 Å². The summed E-state index contributed by atoms with van der Waals surface area (Å²) in [7, 11) is 0. The molecule has 3 rings (SSSR count). The summed E-state index contributed by atoms with van der Waals surface area (Å²) in [4.78, 5) is 18.9. The quantitative estimate of drug-likeness (QED) is 0.937. The molecule has 0 bridgehead atoms. The number of hydrogen-bond acceptors (Lipinski definition) is 4. The molecule has 5 heteroatoms. The van der Waals surface area contributed by atoms with Gasteiger partial charge in [-0.3, -0.25) is 4.79 Å². The van der Waals surface area contributed by atoms with Gasteiger partial charge >= 0.3 is 0 Å². The second kappa shape index (κ2) is 7.18. The average molecular weight is 328 g/mol. The number of likely N-dealkylation sites (tertiary alicyclic amines) is 1. The van der Waals surface area contributed by atoms with Crippen molar-refractivity contribution in [1.82, 2.24) is 9.88 Å². The summed E-state index contributed by atoms with van der Waals surface area (Å²) in [6.07, 6.45) is 2.18. The molecule has 1 fully saturated rings. The predicted octanol–water partition coefficient (Wildman–Crippen LogP) is 2.73. The maximum Gasteiger partial charge on any atom is 0.228 e. The standard InChI is InChI=1S/C19H24N2O3/c1-13-6-3-4-8-16(13)19-20-17(14(2)24-19)10-18(23)21-9-5-7-15(11-21)12-22/h3-4,6,8,15,22H,5,7,9-12H2,1-2H3. The van der Waals surface area contributed by atoms with Crippen LogP contribution in [0.4, 0.5) is 0 Å². The molecule has 1 aliphatic rings. The Morgan fingerprint density at radius 3 is 2.92 bits per heavy atom. The molecule has 2 aromatic rings. The lowest BCUT2D eigenvalue weighted by Crippen LogP contribution is -2.41. The van der Waals surface area contributed by atoms with E-state index in [9.17, 15) is 9.90 Å². The molecule has 1 unspecified atom stereocenters. The fraction of sp³-hybridized carbons (Fsp3) is 0.474. The van der Waals surface area contributed by atoms with Gasteiger partial charge in [-0.1, -0.05) is 18.2 Å². The SMILES string of the molecule is Cc1ccccc1-c1nc(CC(=O)N2CCCC(CO)C2)c(C)o1. The summed E-state index contributed by atoms with van der Waals surface area (Å²) in [5.41, 5.74) is 2.75. The van der Waals surface area contributed by atoms with Gasteiger partial charge in [0.1, 0.15) is 5.76 Å². The number of benzene rings is 1. The summed E-state index contributed by atoms with van der Waals surface area (Å²) >= 11 is 0. The number of amides is 1. The Balaban J connectivity index is 1.74. The van der Waals surface area contributed by atoms with Crippen LogP contribution in [0.15, 0.2) is 28.7 Å². The Bertz CT molecular complexity index is 723. The summed E-state index contributed by atoms with van der Waals surface area (Å²) in [5, 5.41) is 9.31. The molecule has 1 amide bonds. The lowest BCUT2D eigenvalue weighted by atomic mass is 9.98. The molecule has 5 nitrogen and oxygen atoms in total. The smallest absolute Gasteiger partial charge is 0.228 e. The lowest BCUT2D eigenvalue weighted by molar-refractivity contribution is -0.132. The highest BCUT2D eigenvalue weighted by molar-refractivity contribution is 5.79. The van der Waals surface area contributed by atoms with E-state index < -0.39 is 0 Å². The molecule has 1 aliphatic heterocycles. The monoisotopic (exact) mass is 328 g/mol. The number of hydrogen-bond donors (Lipinski definition) is 1. The van der Waals surface area contributed by atoms with E-state index in [4.69, 9.17) is 4.42 Å². The number of carbonyl (C=O) groups excluding carboxylic acids is 1. The first-order valence-electron chi connectivity index (χ1n) is 8.49. The fourth-order valence-corrected chi connectivity index (χ4v) is 3.22. The topological polar surface area (TPSA) is 66.6 Å². The zero-order valence-electron chi connectivity index (χ0n) is 14.3. The zero-order chi connectivity index (χ0) is 17.1. The van der Waals surface area contributed by atoms with Crippen molar-refractivity contribution in [2.24, 2.45) is 5.92 Å². The van der Waals surface area contributed by atoms with Crippen LogP contribution in [0.3, 0.4) is 0 Å². The number of nitrogens with zero attached hydrogens (tertiary/aromatic N) is 2. The van der Waals surface area contributed by atoms with Gasteiger partial charge < -0.3 is 14.4 Å². The number of rotatable bonds is 4. The Kier molecular flexibility index (Phi) is 5.00. The van der Waals surface area contributed by atoms with Crippen LogP contribution in [-0.4, -0.2) is 40.6 Å². The number of aromatic nitrogens is 1. The van der Waals surface area contributed by atoms with Crippen LogP contribution in [0.2, 0.25) is 0 Å². The maximum absolute atomic E-state index is 12.6. The van der Waals surface area contributed by atoms with E-state index in [1.807, 2.05) is 43.0 Å². The first-order valence-corrected chi connectivity index (χ1v) is 8.49. The van der Waals surface area contributed by atoms with E-state index in [1.165, 1.54) is 0 Å². The van der Waals surface area contributed by atoms with Crippen molar-refractivity contribution in [1.29, 1.82) is 0 Å². The zero-order valence-corrected chi connectivity index (χ0v) is 14.3. The van der Waals surface area contributed by atoms with E-state index in [0.717, 1.165) is 30.5 Å². The molecular formula is C19H24N2O3. The highest BCUT2D eigenvalue weighted by Crippen LogP contribution is 2.25. The van der Waals surface area contributed by atoms with E-state index in [0.29, 0.717) is 23.9 Å². The number of carbonyl (C=O) groups is 1. The Morgan fingerprint density at radius 1 is 1.38 bits per heavy atom. The molecule has 1 N–H and O–H groups in total. The van der Waals surface area contributed by atoms with Gasteiger partial charge in [0.2, 0.25) is 11.8 Å². The van der Waals surface area contributed by atoms with Crippen molar-refractivity contribution in [3.05, 3.63) is 41.3 Å². The number of aliphatic hydroxyl groups is 1. The van der Waals surface area contributed by atoms with Crippen LogP contribution in [0.25, 0.3) is 11.5 Å². The Labute approximate surface area is 142 Å². The maximum atomic E-state index is 12.6. The van der Waals surface area contributed by atoms with Crippen molar-refractivity contribution < 1.29 is 14.3 Å². The van der Waals surface area contributed by atoms with Crippen LogP contribution >= 0.6 is 0 Å². The lowest BCUT2D eigenvalue weighted by Gasteiger charge is -2.31. The van der Waals surface area contributed by atoms with Gasteiger partial charge in [-0.05, 0) is 44.2 Å². The van der Waals surface area contributed by atoms with Gasteiger partial charge in [-0.15, -0.1) is 0 Å². The van der Waals surface area contributed by atoms with E-state index in [1.54, 1.807) is 0 Å². The molecule has 0 aliphatic carbocycles. The second-order valence-electron chi connectivity index (χ2n) is 6.54. The Hall–Kier alpha value is -2.14. The first-order chi connectivity index (χ1) is 11.6. The van der Waals surface area contributed by atoms with Gasteiger partial charge in [0.25, 0.3) is 0 Å². The normalized spacial score (nSPS) is 18.0. The minimum Gasteiger partial charge on any atom is -0.441 e. The largest absolute Gasteiger partial charge is 0.441 e. The number of aliphatic hydroxyl groups excluding tert-OH is 1. The highest BCUT2D eigenvalue weighted by atomic mass is 16.4. The van der Waals surface area contributed by atoms with Crippen LogP contribution < -0.4 is 0 Å². The number of oxazole rings is 1. The van der Waals surface area contributed by atoms with Crippen LogP contribution in [0, 0.1) is 19.8 Å². The molecule has 1 aromatic heterocycles. The third kappa shape index (κ3) is 3.51. The summed E-state index contributed by atoms with van der Waals surface area (Å²) in [6.45, 7) is 5.41. The van der Waals surface area contributed by atoms with Crippen LogP contribution in [0.5, 0.6) is 0 Å². The van der Waals surface area contributed by atoms with E-state index in [-0.39, 0.29) is 24.9 Å². The number of aryl methyl sites for hydroxylation is 2. The van der Waals surface area contributed by atoms with Gasteiger partial charge in [0, 0.05) is 25.3 Å². The third-order valence-corrected chi connectivity index (χ3v) is 4.72. The molecular weight excluding hydrogens is 304 g/mol. The average Bonchev–Trinajstić information content (AvgIpc) is 2.95. The molecule has 0 radical (unpaired) electrons. The molecule has 1 aromatic carbocycles. The molecule has 1 saturated heterocycles. The third-order valence-electron chi connectivity index (χ3n) is 4.72.